The van der Waals surface area contributed by atoms with Crippen LogP contribution in [0.5, 0.6) is 17.2 Å². The van der Waals surface area contributed by atoms with Crippen molar-refractivity contribution in [2.75, 3.05) is 21.3 Å². The maximum absolute atomic E-state index is 12.1. The summed E-state index contributed by atoms with van der Waals surface area (Å²) < 4.78 is 15.9. The van der Waals surface area contributed by atoms with Crippen LogP contribution in [0.1, 0.15) is 30.4 Å². The van der Waals surface area contributed by atoms with Gasteiger partial charge < -0.3 is 14.2 Å². The third-order valence-corrected chi connectivity index (χ3v) is 4.13. The second-order valence-corrected chi connectivity index (χ2v) is 5.95. The third kappa shape index (κ3) is 5.66. The highest BCUT2D eigenvalue weighted by molar-refractivity contribution is 5.93. The second-order valence-electron chi connectivity index (χ2n) is 5.95. The van der Waals surface area contributed by atoms with Crippen molar-refractivity contribution >= 4 is 11.9 Å². The highest BCUT2D eigenvalue weighted by Crippen LogP contribution is 2.38. The summed E-state index contributed by atoms with van der Waals surface area (Å²) in [6, 6.07) is 14.0. The number of carbonyl (C=O) groups is 1. The summed E-state index contributed by atoms with van der Waals surface area (Å²) in [6.45, 7) is 0. The number of methoxy groups -OCH3 is 3. The largest absolute Gasteiger partial charge is 0.493 e. The average Bonchev–Trinajstić information content (AvgIpc) is 2.69. The second kappa shape index (κ2) is 10.3. The Bertz CT molecular complexity index is 710. The minimum absolute atomic E-state index is 0.117. The van der Waals surface area contributed by atoms with Gasteiger partial charge in [0.1, 0.15) is 0 Å². The molecule has 2 rings (SSSR count). The molecule has 0 aliphatic heterocycles. The first-order chi connectivity index (χ1) is 12.7. The van der Waals surface area contributed by atoms with E-state index in [9.17, 15) is 4.79 Å². The van der Waals surface area contributed by atoms with E-state index in [4.69, 9.17) is 14.2 Å². The van der Waals surface area contributed by atoms with Crippen LogP contribution in [-0.4, -0.2) is 27.1 Å². The molecule has 4 nitrogen and oxygen atoms in total. The molecule has 0 aliphatic rings. The van der Waals surface area contributed by atoms with Gasteiger partial charge in [0.2, 0.25) is 5.75 Å². The fourth-order valence-electron chi connectivity index (χ4n) is 2.74. The number of unbranched alkanes of at least 4 members (excludes halogenated alkanes) is 1. The predicted octanol–water partition coefficient (Wildman–Crippen LogP) is 4.71. The fraction of sp³-hybridized carbons (Fsp3) is 0.318. The van der Waals surface area contributed by atoms with Gasteiger partial charge in [0.15, 0.2) is 17.3 Å². The van der Waals surface area contributed by atoms with Gasteiger partial charge in [0, 0.05) is 6.42 Å². The van der Waals surface area contributed by atoms with Crippen molar-refractivity contribution in [1.82, 2.24) is 0 Å². The van der Waals surface area contributed by atoms with Crippen molar-refractivity contribution in [1.29, 1.82) is 0 Å². The number of benzene rings is 2. The number of allylic oxidation sites excluding steroid dienone is 1. The molecular formula is C22H26O4. The first kappa shape index (κ1) is 19.6. The van der Waals surface area contributed by atoms with E-state index in [2.05, 4.69) is 12.1 Å². The minimum atomic E-state index is 0.117. The lowest BCUT2D eigenvalue weighted by Crippen LogP contribution is -1.96. The molecule has 0 heterocycles. The van der Waals surface area contributed by atoms with Crippen molar-refractivity contribution in [3.63, 3.8) is 0 Å². The molecule has 0 N–H and O–H groups in total. The van der Waals surface area contributed by atoms with Crippen LogP contribution >= 0.6 is 0 Å². The smallest absolute Gasteiger partial charge is 0.203 e. The fourth-order valence-corrected chi connectivity index (χ4v) is 2.74. The summed E-state index contributed by atoms with van der Waals surface area (Å²) >= 11 is 0. The van der Waals surface area contributed by atoms with E-state index < -0.39 is 0 Å². The molecule has 0 radical (unpaired) electrons. The van der Waals surface area contributed by atoms with Gasteiger partial charge in [-0.1, -0.05) is 36.4 Å². The van der Waals surface area contributed by atoms with E-state index >= 15 is 0 Å². The summed E-state index contributed by atoms with van der Waals surface area (Å²) in [5.74, 6) is 1.80. The lowest BCUT2D eigenvalue weighted by Gasteiger charge is -2.12. The van der Waals surface area contributed by atoms with Crippen LogP contribution in [0.25, 0.3) is 6.08 Å². The molecular weight excluding hydrogens is 328 g/mol. The molecule has 4 heteroatoms. The molecule has 0 fully saturated rings. The van der Waals surface area contributed by atoms with Crippen LogP contribution in [0.4, 0.5) is 0 Å². The van der Waals surface area contributed by atoms with Gasteiger partial charge in [-0.3, -0.25) is 4.79 Å². The Morgan fingerprint density at radius 2 is 1.58 bits per heavy atom. The molecule has 0 saturated heterocycles. The molecule has 26 heavy (non-hydrogen) atoms. The monoisotopic (exact) mass is 354 g/mol. The first-order valence-corrected chi connectivity index (χ1v) is 8.72. The van der Waals surface area contributed by atoms with E-state index in [0.717, 1.165) is 24.8 Å². The van der Waals surface area contributed by atoms with Crippen molar-refractivity contribution in [2.24, 2.45) is 0 Å². The summed E-state index contributed by atoms with van der Waals surface area (Å²) in [4.78, 5) is 12.1. The maximum Gasteiger partial charge on any atom is 0.203 e. The zero-order valence-corrected chi connectivity index (χ0v) is 15.7. The quantitative estimate of drug-likeness (QED) is 0.458. The van der Waals surface area contributed by atoms with Crippen molar-refractivity contribution in [3.05, 3.63) is 59.7 Å². The van der Waals surface area contributed by atoms with Crippen LogP contribution in [0.15, 0.2) is 48.5 Å². The van der Waals surface area contributed by atoms with Gasteiger partial charge in [-0.05, 0) is 48.6 Å². The summed E-state index contributed by atoms with van der Waals surface area (Å²) in [5, 5.41) is 0. The highest BCUT2D eigenvalue weighted by Gasteiger charge is 2.12. The van der Waals surface area contributed by atoms with Gasteiger partial charge in [0.25, 0.3) is 0 Å². The number of ether oxygens (including phenoxy) is 3. The maximum atomic E-state index is 12.1. The summed E-state index contributed by atoms with van der Waals surface area (Å²) in [5.41, 5.74) is 2.14. The summed E-state index contributed by atoms with van der Waals surface area (Å²) in [6.07, 6.45) is 6.84. The number of rotatable bonds is 10. The molecule has 2 aromatic carbocycles. The molecule has 0 saturated carbocycles. The van der Waals surface area contributed by atoms with E-state index in [0.29, 0.717) is 23.7 Å². The zero-order chi connectivity index (χ0) is 18.8. The average molecular weight is 354 g/mol. The van der Waals surface area contributed by atoms with E-state index in [1.54, 1.807) is 33.5 Å². The van der Waals surface area contributed by atoms with Crippen LogP contribution < -0.4 is 14.2 Å². The van der Waals surface area contributed by atoms with Crippen molar-refractivity contribution < 1.29 is 19.0 Å². The Hall–Kier alpha value is -2.75. The van der Waals surface area contributed by atoms with Crippen LogP contribution in [0.3, 0.4) is 0 Å². The van der Waals surface area contributed by atoms with E-state index in [1.165, 1.54) is 5.56 Å². The standard InChI is InChI=1S/C22H26O4/c1-24-20-15-18(16-21(25-2)22(20)26-3)13-14-19(23)12-8-7-11-17-9-5-4-6-10-17/h4-6,9-10,13-16H,7-8,11-12H2,1-3H3/b14-13+. The lowest BCUT2D eigenvalue weighted by molar-refractivity contribution is -0.114. The predicted molar refractivity (Wildman–Crippen MR) is 104 cm³/mol. The molecule has 0 aliphatic carbocycles. The highest BCUT2D eigenvalue weighted by atomic mass is 16.5. The van der Waals surface area contributed by atoms with Gasteiger partial charge in [-0.2, -0.15) is 0 Å². The minimum Gasteiger partial charge on any atom is -0.493 e. The van der Waals surface area contributed by atoms with Gasteiger partial charge in [-0.15, -0.1) is 0 Å². The lowest BCUT2D eigenvalue weighted by atomic mass is 10.1. The molecule has 0 spiro atoms. The van der Waals surface area contributed by atoms with Crippen molar-refractivity contribution in [3.8, 4) is 17.2 Å². The molecule has 138 valence electrons. The molecule has 0 atom stereocenters. The Morgan fingerprint density at radius 3 is 2.15 bits per heavy atom. The molecule has 0 amide bonds. The summed E-state index contributed by atoms with van der Waals surface area (Å²) in [7, 11) is 4.71. The Kier molecular flexibility index (Phi) is 7.75. The molecule has 0 unspecified atom stereocenters. The van der Waals surface area contributed by atoms with Crippen LogP contribution in [-0.2, 0) is 11.2 Å². The van der Waals surface area contributed by atoms with E-state index in [1.807, 2.05) is 30.3 Å². The van der Waals surface area contributed by atoms with Gasteiger partial charge >= 0.3 is 0 Å². The van der Waals surface area contributed by atoms with Crippen molar-refractivity contribution in [2.45, 2.75) is 25.7 Å². The first-order valence-electron chi connectivity index (χ1n) is 8.72. The number of carbonyl (C=O) groups excluding carboxylic acids is 1. The SMILES string of the molecule is COc1cc(/C=C/C(=O)CCCCc2ccccc2)cc(OC)c1OC. The Labute approximate surface area is 155 Å². The molecule has 0 bridgehead atoms. The molecule has 0 aromatic heterocycles. The Balaban J connectivity index is 1.89. The molecule has 2 aromatic rings. The third-order valence-electron chi connectivity index (χ3n) is 4.13. The van der Waals surface area contributed by atoms with Crippen LogP contribution in [0.2, 0.25) is 0 Å². The van der Waals surface area contributed by atoms with Gasteiger partial charge in [-0.25, -0.2) is 0 Å². The number of hydrogen-bond acceptors (Lipinski definition) is 4. The topological polar surface area (TPSA) is 44.8 Å². The Morgan fingerprint density at radius 1 is 0.923 bits per heavy atom. The number of ketones is 1. The number of aryl methyl sites for hydroxylation is 1. The number of hydrogen-bond donors (Lipinski definition) is 0. The van der Waals surface area contributed by atoms with Gasteiger partial charge in [0.05, 0.1) is 21.3 Å². The zero-order valence-electron chi connectivity index (χ0n) is 15.7. The normalized spacial score (nSPS) is 10.7. The van der Waals surface area contributed by atoms with E-state index in [-0.39, 0.29) is 5.78 Å². The van der Waals surface area contributed by atoms with Crippen LogP contribution in [0, 0.1) is 0 Å².